The van der Waals surface area contributed by atoms with E-state index in [9.17, 15) is 0 Å². The Morgan fingerprint density at radius 1 is 0.514 bits per heavy atom. The van der Waals surface area contributed by atoms with Gasteiger partial charge in [0.15, 0.2) is 0 Å². The van der Waals surface area contributed by atoms with Crippen molar-refractivity contribution in [2.24, 2.45) is 0 Å². The summed E-state index contributed by atoms with van der Waals surface area (Å²) in [6.07, 6.45) is 2.29. The Hall–Kier alpha value is -6.82. The monoisotopic (exact) mass is 956 g/mol. The van der Waals surface area contributed by atoms with Crippen LogP contribution in [0.15, 0.2) is 176 Å². The van der Waals surface area contributed by atoms with Gasteiger partial charge in [0.1, 0.15) is 0 Å². The Labute approximate surface area is 432 Å². The molecule has 0 fully saturated rings. The molecule has 0 saturated heterocycles. The summed E-state index contributed by atoms with van der Waals surface area (Å²) >= 11 is 1.99. The van der Waals surface area contributed by atoms with Crippen LogP contribution in [0.1, 0.15) is 110 Å². The van der Waals surface area contributed by atoms with E-state index in [0.29, 0.717) is 0 Å². The van der Waals surface area contributed by atoms with Crippen molar-refractivity contribution in [1.82, 2.24) is 0 Å². The maximum atomic E-state index is 2.69. The fourth-order valence-corrected chi connectivity index (χ4v) is 13.4. The molecule has 3 aliphatic rings. The third-order valence-corrected chi connectivity index (χ3v) is 17.5. The van der Waals surface area contributed by atoms with Crippen molar-refractivity contribution in [2.45, 2.75) is 111 Å². The van der Waals surface area contributed by atoms with Crippen LogP contribution in [0.25, 0.3) is 21.2 Å². The minimum atomic E-state index is -0.0500. The molecule has 358 valence electrons. The summed E-state index contributed by atoms with van der Waals surface area (Å²) in [6.45, 7) is 26.1. The van der Waals surface area contributed by atoms with Gasteiger partial charge in [-0.15, -0.1) is 11.3 Å². The quantitative estimate of drug-likeness (QED) is 0.154. The van der Waals surface area contributed by atoms with Crippen molar-refractivity contribution in [3.8, 4) is 11.1 Å². The number of fused-ring (bicyclic) bond motifs is 7. The predicted octanol–water partition coefficient (Wildman–Crippen LogP) is 17.4. The first kappa shape index (κ1) is 46.3. The molecule has 9 aromatic rings. The maximum Gasteiger partial charge on any atom is 0.264 e. The molecule has 0 atom stereocenters. The van der Waals surface area contributed by atoms with Crippen molar-refractivity contribution in [2.75, 3.05) is 14.7 Å². The Morgan fingerprint density at radius 2 is 1.07 bits per heavy atom. The number of nitrogens with zero attached hydrogens (tertiary/aromatic N) is 3. The van der Waals surface area contributed by atoms with Crippen LogP contribution < -0.4 is 30.4 Å². The number of thiophene rings is 1. The summed E-state index contributed by atoms with van der Waals surface area (Å²) in [5.41, 5.74) is 22.7. The van der Waals surface area contributed by atoms with E-state index in [2.05, 4.69) is 267 Å². The molecule has 72 heavy (non-hydrogen) atoms. The van der Waals surface area contributed by atoms with E-state index in [1.807, 2.05) is 11.3 Å². The lowest BCUT2D eigenvalue weighted by Gasteiger charge is -2.47. The van der Waals surface area contributed by atoms with Crippen molar-refractivity contribution < 1.29 is 0 Å². The second-order valence-electron chi connectivity index (χ2n) is 24.2. The van der Waals surface area contributed by atoms with E-state index in [-0.39, 0.29) is 28.4 Å². The molecule has 0 saturated carbocycles. The summed E-state index contributed by atoms with van der Waals surface area (Å²) < 4.78 is 2.72. The highest BCUT2D eigenvalue weighted by molar-refractivity contribution is 7.33. The van der Waals surface area contributed by atoms with E-state index in [1.165, 1.54) is 98.9 Å². The minimum Gasteiger partial charge on any atom is -0.311 e. The number of hydrogen-bond acceptors (Lipinski definition) is 4. The van der Waals surface area contributed by atoms with E-state index in [0.717, 1.165) is 29.9 Å². The second kappa shape index (κ2) is 16.6. The lowest BCUT2D eigenvalue weighted by Crippen LogP contribution is -2.61. The molecule has 1 aliphatic carbocycles. The van der Waals surface area contributed by atoms with Crippen LogP contribution in [0.3, 0.4) is 0 Å². The molecule has 0 bridgehead atoms. The van der Waals surface area contributed by atoms with Crippen LogP contribution >= 0.6 is 11.3 Å². The largest absolute Gasteiger partial charge is 0.311 e. The van der Waals surface area contributed by atoms with Crippen LogP contribution in [0.5, 0.6) is 0 Å². The molecule has 3 heterocycles. The molecule has 2 aliphatic heterocycles. The zero-order valence-corrected chi connectivity index (χ0v) is 44.8. The average molecular weight is 956 g/mol. The third kappa shape index (κ3) is 7.53. The van der Waals surface area contributed by atoms with Gasteiger partial charge in [-0.2, -0.15) is 0 Å². The number of aryl methyl sites for hydroxylation is 1. The number of para-hydroxylation sites is 2. The number of benzene rings is 8. The van der Waals surface area contributed by atoms with Gasteiger partial charge in [-0.3, -0.25) is 0 Å². The number of rotatable bonds is 6. The van der Waals surface area contributed by atoms with Gasteiger partial charge in [-0.25, -0.2) is 0 Å². The molecule has 1 aromatic heterocycles. The topological polar surface area (TPSA) is 9.72 Å². The molecule has 8 aromatic carbocycles. The normalized spacial score (nSPS) is 15.5. The van der Waals surface area contributed by atoms with Crippen LogP contribution in [0, 0.1) is 6.92 Å². The van der Waals surface area contributed by atoms with E-state index in [1.54, 1.807) is 0 Å². The minimum absolute atomic E-state index is 0.00249. The molecule has 3 nitrogen and oxygen atoms in total. The number of anilines is 9. The lowest BCUT2D eigenvalue weighted by atomic mass is 9.35. The Morgan fingerprint density at radius 3 is 1.67 bits per heavy atom. The Balaban J connectivity index is 1.27. The molecular weight excluding hydrogens is 890 g/mol. The highest BCUT2D eigenvalue weighted by Gasteiger charge is 2.48. The summed E-state index contributed by atoms with van der Waals surface area (Å²) in [5.74, 6) is 0. The standard InChI is InChI=1S/C67H66BN3S/c1-43-27-34-60-52(37-43)62-63(72-60)68-55-41-53-54(67(10,11)36-35-66(53,8)9)42-57(55)71(56-33-30-46(65(5,6)7)38-51(56)44-21-15-12-16-22-44)59-40-50(69(47-23-17-13-18-24-47)48-25-19-14-20-26-48)39-58(61(59)68)70(62)49-31-28-45(29-32-49)64(2,3)4/h12-34,37-42H,35-36H2,1-11H3. The summed E-state index contributed by atoms with van der Waals surface area (Å²) in [5, 5.41) is 1.31. The zero-order chi connectivity index (χ0) is 50.1. The first-order chi connectivity index (χ1) is 34.4. The first-order valence-corrected chi connectivity index (χ1v) is 26.9. The van der Waals surface area contributed by atoms with Crippen LogP contribution in [0.2, 0.25) is 0 Å². The van der Waals surface area contributed by atoms with Gasteiger partial charge in [-0.1, -0.05) is 172 Å². The summed E-state index contributed by atoms with van der Waals surface area (Å²) in [4.78, 5) is 7.80. The van der Waals surface area contributed by atoms with Gasteiger partial charge < -0.3 is 14.7 Å². The van der Waals surface area contributed by atoms with Gasteiger partial charge >= 0.3 is 0 Å². The zero-order valence-electron chi connectivity index (χ0n) is 44.0. The summed E-state index contributed by atoms with van der Waals surface area (Å²) in [6, 6.07) is 67.3. The first-order valence-electron chi connectivity index (χ1n) is 26.1. The van der Waals surface area contributed by atoms with Crippen LogP contribution in [0.4, 0.5) is 51.2 Å². The number of hydrogen-bond donors (Lipinski definition) is 0. The van der Waals surface area contributed by atoms with Gasteiger partial charge in [0.05, 0.1) is 17.1 Å². The molecule has 0 radical (unpaired) electrons. The van der Waals surface area contributed by atoms with Crippen molar-refractivity contribution in [3.05, 3.63) is 204 Å². The van der Waals surface area contributed by atoms with Crippen LogP contribution in [-0.4, -0.2) is 6.71 Å². The molecule has 12 rings (SSSR count). The van der Waals surface area contributed by atoms with Gasteiger partial charge in [0, 0.05) is 54.6 Å². The predicted molar refractivity (Wildman–Crippen MR) is 313 cm³/mol. The van der Waals surface area contributed by atoms with E-state index in [4.69, 9.17) is 0 Å². The van der Waals surface area contributed by atoms with Gasteiger partial charge in [0.25, 0.3) is 6.71 Å². The molecule has 0 amide bonds. The average Bonchev–Trinajstić information content (AvgIpc) is 3.73. The van der Waals surface area contributed by atoms with Gasteiger partial charge in [-0.05, 0) is 159 Å². The fraction of sp³-hybridized carbons (Fsp3) is 0.254. The highest BCUT2D eigenvalue weighted by Crippen LogP contribution is 2.54. The van der Waals surface area contributed by atoms with Crippen LogP contribution in [-0.2, 0) is 21.7 Å². The third-order valence-electron chi connectivity index (χ3n) is 16.2. The van der Waals surface area contributed by atoms with Gasteiger partial charge in [0.2, 0.25) is 0 Å². The van der Waals surface area contributed by atoms with E-state index >= 15 is 0 Å². The molecule has 5 heteroatoms. The molecular formula is C67H66BN3S. The summed E-state index contributed by atoms with van der Waals surface area (Å²) in [7, 11) is 0. The molecule has 0 N–H and O–H groups in total. The highest BCUT2D eigenvalue weighted by atomic mass is 32.1. The fourth-order valence-electron chi connectivity index (χ4n) is 12.1. The Bertz CT molecular complexity index is 3520. The van der Waals surface area contributed by atoms with Crippen molar-refractivity contribution >= 4 is 95.0 Å². The van der Waals surface area contributed by atoms with Crippen molar-refractivity contribution in [3.63, 3.8) is 0 Å². The molecule has 0 unspecified atom stereocenters. The van der Waals surface area contributed by atoms with Crippen molar-refractivity contribution in [1.29, 1.82) is 0 Å². The SMILES string of the molecule is Cc1ccc2sc3c(c2c1)N(c1ccc(C(C)(C)C)cc1)c1cc(N(c2ccccc2)c2ccccc2)cc2c1B3c1cc3c(cc1N2c1ccc(C(C)(C)C)cc1-c1ccccc1)C(C)(C)CCC3(C)C. The molecule has 0 spiro atoms. The Kier molecular flexibility index (Phi) is 10.7. The smallest absolute Gasteiger partial charge is 0.264 e. The lowest BCUT2D eigenvalue weighted by molar-refractivity contribution is 0.332. The van der Waals surface area contributed by atoms with E-state index < -0.39 is 0 Å². The second-order valence-corrected chi connectivity index (χ2v) is 25.3. The maximum absolute atomic E-state index is 2.69.